The normalized spacial score (nSPS) is 22.8. The van der Waals surface area contributed by atoms with Gasteiger partial charge in [0.25, 0.3) is 5.91 Å². The van der Waals surface area contributed by atoms with E-state index in [1.165, 1.54) is 0 Å². The highest BCUT2D eigenvalue weighted by atomic mass is 79.9. The fourth-order valence-electron chi connectivity index (χ4n) is 4.87. The standard InChI is InChI=1S/C22H22BrN5O/c1-13-4-2-5-15(21(13)16-6-3-9-24-16)22(29)28-14-7-8-18(28)17(10-14)27-20-12-25-19(23)11-26-20/h2-6,9,11-12,14,17-18,24H,7-8,10H2,1H3,(H,26,27)/t14-,17-,18+/m1/s1. The van der Waals surface area contributed by atoms with Crippen molar-refractivity contribution in [2.24, 2.45) is 0 Å². The molecule has 0 radical (unpaired) electrons. The number of carbonyl (C=O) groups is 1. The van der Waals surface area contributed by atoms with Crippen molar-refractivity contribution in [2.45, 2.75) is 44.3 Å². The second-order valence-corrected chi connectivity index (χ2v) is 8.62. The Morgan fingerprint density at radius 1 is 1.21 bits per heavy atom. The molecule has 3 aromatic rings. The van der Waals surface area contributed by atoms with Crippen LogP contribution in [0.4, 0.5) is 5.82 Å². The van der Waals surface area contributed by atoms with Gasteiger partial charge < -0.3 is 15.2 Å². The number of carbonyl (C=O) groups excluding carboxylic acids is 1. The molecule has 6 nitrogen and oxygen atoms in total. The Labute approximate surface area is 177 Å². The number of hydrogen-bond donors (Lipinski definition) is 2. The van der Waals surface area contributed by atoms with E-state index < -0.39 is 0 Å². The van der Waals surface area contributed by atoms with Gasteiger partial charge in [0.2, 0.25) is 0 Å². The van der Waals surface area contributed by atoms with Crippen LogP contribution in [0.3, 0.4) is 0 Å². The average Bonchev–Trinajstić information content (AvgIpc) is 3.45. The second-order valence-electron chi connectivity index (χ2n) is 7.80. The molecule has 2 aliphatic heterocycles. The Morgan fingerprint density at radius 2 is 2.10 bits per heavy atom. The lowest BCUT2D eigenvalue weighted by Gasteiger charge is -2.26. The summed E-state index contributed by atoms with van der Waals surface area (Å²) in [5.74, 6) is 0.873. The molecule has 0 unspecified atom stereocenters. The lowest BCUT2D eigenvalue weighted by molar-refractivity contribution is 0.0728. The molecule has 7 heteroatoms. The van der Waals surface area contributed by atoms with E-state index in [1.54, 1.807) is 12.4 Å². The summed E-state index contributed by atoms with van der Waals surface area (Å²) in [7, 11) is 0. The molecule has 4 heterocycles. The number of H-pyrrole nitrogens is 1. The monoisotopic (exact) mass is 451 g/mol. The molecular weight excluding hydrogens is 430 g/mol. The maximum atomic E-state index is 13.7. The maximum Gasteiger partial charge on any atom is 0.255 e. The molecule has 2 fully saturated rings. The van der Waals surface area contributed by atoms with Crippen molar-refractivity contribution in [3.63, 3.8) is 0 Å². The van der Waals surface area contributed by atoms with Crippen LogP contribution >= 0.6 is 15.9 Å². The largest absolute Gasteiger partial charge is 0.364 e. The van der Waals surface area contributed by atoms with Gasteiger partial charge in [0.1, 0.15) is 10.4 Å². The summed E-state index contributed by atoms with van der Waals surface area (Å²) in [6, 6.07) is 10.6. The Kier molecular flexibility index (Phi) is 4.62. The van der Waals surface area contributed by atoms with Gasteiger partial charge in [-0.3, -0.25) is 4.79 Å². The lowest BCUT2D eigenvalue weighted by atomic mass is 9.95. The van der Waals surface area contributed by atoms with Gasteiger partial charge in [-0.25, -0.2) is 9.97 Å². The van der Waals surface area contributed by atoms with Crippen molar-refractivity contribution in [2.75, 3.05) is 5.32 Å². The van der Waals surface area contributed by atoms with E-state index in [0.29, 0.717) is 4.60 Å². The number of halogens is 1. The molecule has 2 aliphatic rings. The van der Waals surface area contributed by atoms with Crippen LogP contribution in [0.5, 0.6) is 0 Å². The number of amides is 1. The summed E-state index contributed by atoms with van der Waals surface area (Å²) >= 11 is 3.32. The van der Waals surface area contributed by atoms with Crippen LogP contribution in [0.2, 0.25) is 0 Å². The van der Waals surface area contributed by atoms with Crippen LogP contribution in [0.25, 0.3) is 11.3 Å². The quantitative estimate of drug-likeness (QED) is 0.616. The summed E-state index contributed by atoms with van der Waals surface area (Å²) in [5, 5.41) is 3.49. The number of nitrogens with zero attached hydrogens (tertiary/aromatic N) is 3. The molecule has 0 aliphatic carbocycles. The number of aromatic nitrogens is 3. The zero-order valence-electron chi connectivity index (χ0n) is 16.1. The van der Waals surface area contributed by atoms with Crippen molar-refractivity contribution in [3.8, 4) is 11.3 Å². The van der Waals surface area contributed by atoms with Crippen molar-refractivity contribution in [3.05, 3.63) is 64.7 Å². The van der Waals surface area contributed by atoms with Gasteiger partial charge in [-0.1, -0.05) is 12.1 Å². The van der Waals surface area contributed by atoms with Crippen molar-refractivity contribution < 1.29 is 4.79 Å². The number of fused-ring (bicyclic) bond motifs is 2. The summed E-state index contributed by atoms with van der Waals surface area (Å²) in [6.07, 6.45) is 8.33. The van der Waals surface area contributed by atoms with E-state index in [0.717, 1.165) is 47.5 Å². The van der Waals surface area contributed by atoms with Crippen LogP contribution in [-0.2, 0) is 0 Å². The number of rotatable bonds is 4. The molecule has 5 rings (SSSR count). The zero-order valence-corrected chi connectivity index (χ0v) is 17.7. The molecule has 0 saturated carbocycles. The molecule has 29 heavy (non-hydrogen) atoms. The van der Waals surface area contributed by atoms with Gasteiger partial charge >= 0.3 is 0 Å². The number of aromatic amines is 1. The zero-order chi connectivity index (χ0) is 20.0. The first kappa shape index (κ1) is 18.4. The van der Waals surface area contributed by atoms with Crippen molar-refractivity contribution in [1.82, 2.24) is 19.9 Å². The molecule has 1 aromatic carbocycles. The van der Waals surface area contributed by atoms with Gasteiger partial charge in [0, 0.05) is 29.1 Å². The minimum atomic E-state index is 0.122. The highest BCUT2D eigenvalue weighted by Crippen LogP contribution is 2.41. The molecular formula is C22H22BrN5O. The molecule has 2 saturated heterocycles. The van der Waals surface area contributed by atoms with Crippen LogP contribution < -0.4 is 5.32 Å². The minimum Gasteiger partial charge on any atom is -0.364 e. The van der Waals surface area contributed by atoms with Gasteiger partial charge in [-0.15, -0.1) is 0 Å². The predicted molar refractivity (Wildman–Crippen MR) is 116 cm³/mol. The van der Waals surface area contributed by atoms with E-state index in [2.05, 4.69) is 54.1 Å². The van der Waals surface area contributed by atoms with Crippen LogP contribution in [-0.4, -0.2) is 43.9 Å². The third kappa shape index (κ3) is 3.23. The third-order valence-corrected chi connectivity index (χ3v) is 6.50. The van der Waals surface area contributed by atoms with E-state index in [1.807, 2.05) is 30.5 Å². The van der Waals surface area contributed by atoms with Crippen LogP contribution in [0.15, 0.2) is 53.5 Å². The molecule has 3 atom stereocenters. The molecule has 2 N–H and O–H groups in total. The average molecular weight is 452 g/mol. The number of aryl methyl sites for hydroxylation is 1. The van der Waals surface area contributed by atoms with E-state index in [9.17, 15) is 4.79 Å². The molecule has 2 aromatic heterocycles. The predicted octanol–water partition coefficient (Wildman–Crippen LogP) is 4.40. The Hall–Kier alpha value is -2.67. The number of anilines is 1. The highest BCUT2D eigenvalue weighted by molar-refractivity contribution is 9.10. The number of benzene rings is 1. The first-order valence-electron chi connectivity index (χ1n) is 9.92. The highest BCUT2D eigenvalue weighted by Gasteiger charge is 2.49. The van der Waals surface area contributed by atoms with E-state index in [-0.39, 0.29) is 24.0 Å². The Balaban J connectivity index is 1.43. The number of nitrogens with one attached hydrogen (secondary N) is 2. The minimum absolute atomic E-state index is 0.122. The SMILES string of the molecule is Cc1cccc(C(=O)N2[C@@H]3CC[C@H]2[C@H](Nc2cnc(Br)cn2)C3)c1-c1ccc[nH]1. The van der Waals surface area contributed by atoms with Crippen LogP contribution in [0, 0.1) is 6.92 Å². The lowest BCUT2D eigenvalue weighted by Crippen LogP contribution is -2.40. The van der Waals surface area contributed by atoms with Gasteiger partial charge in [0.05, 0.1) is 24.5 Å². The number of hydrogen-bond acceptors (Lipinski definition) is 4. The fraction of sp³-hybridized carbons (Fsp3) is 0.318. The van der Waals surface area contributed by atoms with Crippen molar-refractivity contribution >= 4 is 27.7 Å². The first-order chi connectivity index (χ1) is 14.1. The molecule has 2 bridgehead atoms. The maximum absolute atomic E-state index is 13.7. The molecule has 1 amide bonds. The van der Waals surface area contributed by atoms with E-state index >= 15 is 0 Å². The molecule has 148 valence electrons. The van der Waals surface area contributed by atoms with E-state index in [4.69, 9.17) is 0 Å². The summed E-state index contributed by atoms with van der Waals surface area (Å²) in [6.45, 7) is 2.06. The van der Waals surface area contributed by atoms with Gasteiger partial charge in [0.15, 0.2) is 0 Å². The first-order valence-corrected chi connectivity index (χ1v) is 10.7. The smallest absolute Gasteiger partial charge is 0.255 e. The second kappa shape index (κ2) is 7.30. The van der Waals surface area contributed by atoms with Crippen LogP contribution in [0.1, 0.15) is 35.2 Å². The van der Waals surface area contributed by atoms with Gasteiger partial charge in [-0.2, -0.15) is 0 Å². The summed E-state index contributed by atoms with van der Waals surface area (Å²) in [4.78, 5) is 27.7. The Bertz CT molecular complexity index is 1030. The third-order valence-electron chi connectivity index (χ3n) is 6.10. The fourth-order valence-corrected chi connectivity index (χ4v) is 5.07. The van der Waals surface area contributed by atoms with Gasteiger partial charge in [-0.05, 0) is 65.9 Å². The van der Waals surface area contributed by atoms with Crippen molar-refractivity contribution in [1.29, 1.82) is 0 Å². The summed E-state index contributed by atoms with van der Waals surface area (Å²) < 4.78 is 0.712. The Morgan fingerprint density at radius 3 is 2.86 bits per heavy atom. The topological polar surface area (TPSA) is 73.9 Å². The molecule has 0 spiro atoms. The summed E-state index contributed by atoms with van der Waals surface area (Å²) in [5.41, 5.74) is 3.85.